The van der Waals surface area contributed by atoms with Gasteiger partial charge in [0.1, 0.15) is 0 Å². The Balaban J connectivity index is 2.54. The number of nitrogens with zero attached hydrogens (tertiary/aromatic N) is 2. The number of carbonyl (C=O) groups is 1. The van der Waals surface area contributed by atoms with Crippen LogP contribution in [0.15, 0.2) is 0 Å². The number of aromatic nitrogens is 2. The van der Waals surface area contributed by atoms with Gasteiger partial charge < -0.3 is 5.32 Å². The molecule has 4 heteroatoms. The van der Waals surface area contributed by atoms with E-state index in [9.17, 15) is 4.79 Å². The molecule has 1 amide bonds. The summed E-state index contributed by atoms with van der Waals surface area (Å²) in [6.45, 7) is 6.61. The molecule has 1 aromatic rings. The topological polar surface area (TPSA) is 46.9 Å². The van der Waals surface area contributed by atoms with Gasteiger partial charge in [-0.3, -0.25) is 9.48 Å². The second-order valence-corrected chi connectivity index (χ2v) is 3.73. The van der Waals surface area contributed by atoms with Crippen LogP contribution in [0, 0.1) is 13.8 Å². The molecule has 84 valence electrons. The zero-order chi connectivity index (χ0) is 11.4. The van der Waals surface area contributed by atoms with Gasteiger partial charge in [-0.05, 0) is 25.8 Å². The van der Waals surface area contributed by atoms with Gasteiger partial charge in [0.2, 0.25) is 5.91 Å². The van der Waals surface area contributed by atoms with Gasteiger partial charge in [-0.1, -0.05) is 6.92 Å². The molecule has 0 spiro atoms. The van der Waals surface area contributed by atoms with E-state index >= 15 is 0 Å². The third kappa shape index (κ3) is 2.81. The third-order valence-electron chi connectivity index (χ3n) is 2.68. The Morgan fingerprint density at radius 2 is 2.13 bits per heavy atom. The second-order valence-electron chi connectivity index (χ2n) is 3.73. The Bertz CT molecular complexity index is 355. The maximum Gasteiger partial charge on any atom is 0.219 e. The standard InChI is InChI=1S/C11H19N3O/c1-5-11(15)12-7-6-10-8(2)13-14(4)9(10)3/h5-7H2,1-4H3,(H,12,15). The maximum absolute atomic E-state index is 11.0. The first kappa shape index (κ1) is 11.8. The van der Waals surface area contributed by atoms with E-state index in [0.29, 0.717) is 13.0 Å². The van der Waals surface area contributed by atoms with Crippen molar-refractivity contribution in [3.8, 4) is 0 Å². The van der Waals surface area contributed by atoms with Crippen LogP contribution in [0.3, 0.4) is 0 Å². The minimum absolute atomic E-state index is 0.106. The van der Waals surface area contributed by atoms with Gasteiger partial charge in [0.15, 0.2) is 0 Å². The van der Waals surface area contributed by atoms with E-state index in [-0.39, 0.29) is 5.91 Å². The molecule has 4 nitrogen and oxygen atoms in total. The fraction of sp³-hybridized carbons (Fsp3) is 0.636. The second kappa shape index (κ2) is 4.96. The van der Waals surface area contributed by atoms with Crippen molar-refractivity contribution < 1.29 is 4.79 Å². The molecule has 1 N–H and O–H groups in total. The molecule has 1 heterocycles. The first-order valence-electron chi connectivity index (χ1n) is 5.32. The number of carbonyl (C=O) groups excluding carboxylic acids is 1. The van der Waals surface area contributed by atoms with Crippen LogP contribution >= 0.6 is 0 Å². The molecule has 0 radical (unpaired) electrons. The molecule has 0 atom stereocenters. The van der Waals surface area contributed by atoms with Crippen molar-refractivity contribution in [1.29, 1.82) is 0 Å². The molecule has 0 unspecified atom stereocenters. The molecule has 0 saturated carbocycles. The van der Waals surface area contributed by atoms with Crippen LogP contribution in [-0.2, 0) is 18.3 Å². The highest BCUT2D eigenvalue weighted by molar-refractivity contribution is 5.75. The lowest BCUT2D eigenvalue weighted by molar-refractivity contribution is -0.120. The summed E-state index contributed by atoms with van der Waals surface area (Å²) in [7, 11) is 1.94. The highest BCUT2D eigenvalue weighted by Gasteiger charge is 2.08. The van der Waals surface area contributed by atoms with Crippen molar-refractivity contribution in [2.24, 2.45) is 7.05 Å². The van der Waals surface area contributed by atoms with Gasteiger partial charge in [-0.15, -0.1) is 0 Å². The average molecular weight is 209 g/mol. The van der Waals surface area contributed by atoms with Crippen LogP contribution < -0.4 is 5.32 Å². The van der Waals surface area contributed by atoms with Crippen molar-refractivity contribution in [2.75, 3.05) is 6.54 Å². The Morgan fingerprint density at radius 1 is 1.47 bits per heavy atom. The molecule has 0 aromatic carbocycles. The van der Waals surface area contributed by atoms with Crippen molar-refractivity contribution in [3.05, 3.63) is 17.0 Å². The summed E-state index contributed by atoms with van der Waals surface area (Å²) < 4.78 is 1.88. The predicted octanol–water partition coefficient (Wildman–Crippen LogP) is 1.11. The normalized spacial score (nSPS) is 10.4. The van der Waals surface area contributed by atoms with Crippen LogP contribution in [0.1, 0.15) is 30.3 Å². The van der Waals surface area contributed by atoms with Gasteiger partial charge in [0.25, 0.3) is 0 Å². The fourth-order valence-electron chi connectivity index (χ4n) is 1.63. The first-order valence-corrected chi connectivity index (χ1v) is 5.32. The predicted molar refractivity (Wildman–Crippen MR) is 59.7 cm³/mol. The quantitative estimate of drug-likeness (QED) is 0.807. The number of hydrogen-bond donors (Lipinski definition) is 1. The highest BCUT2D eigenvalue weighted by atomic mass is 16.1. The van der Waals surface area contributed by atoms with Gasteiger partial charge in [-0.2, -0.15) is 5.10 Å². The molecular weight excluding hydrogens is 190 g/mol. The maximum atomic E-state index is 11.0. The summed E-state index contributed by atoms with van der Waals surface area (Å²) in [6.07, 6.45) is 1.41. The largest absolute Gasteiger partial charge is 0.356 e. The van der Waals surface area contributed by atoms with E-state index in [1.165, 1.54) is 11.3 Å². The first-order chi connectivity index (χ1) is 7.06. The summed E-state index contributed by atoms with van der Waals surface area (Å²) in [5.74, 6) is 0.106. The average Bonchev–Trinajstić information content (AvgIpc) is 2.44. The van der Waals surface area contributed by atoms with Crippen LogP contribution in [-0.4, -0.2) is 22.2 Å². The SMILES string of the molecule is CCC(=O)NCCc1c(C)nn(C)c1C. The molecule has 0 aliphatic heterocycles. The number of aryl methyl sites for hydroxylation is 2. The zero-order valence-corrected chi connectivity index (χ0v) is 9.92. The molecule has 1 aromatic heterocycles. The summed E-state index contributed by atoms with van der Waals surface area (Å²) >= 11 is 0. The fourth-order valence-corrected chi connectivity index (χ4v) is 1.63. The minimum atomic E-state index is 0.106. The molecule has 0 fully saturated rings. The van der Waals surface area contributed by atoms with E-state index < -0.39 is 0 Å². The van der Waals surface area contributed by atoms with Crippen LogP contribution in [0.4, 0.5) is 0 Å². The molecule has 0 saturated heterocycles. The van der Waals surface area contributed by atoms with Gasteiger partial charge >= 0.3 is 0 Å². The van der Waals surface area contributed by atoms with Crippen molar-refractivity contribution in [1.82, 2.24) is 15.1 Å². The van der Waals surface area contributed by atoms with Crippen LogP contribution in [0.25, 0.3) is 0 Å². The molecule has 0 bridgehead atoms. The van der Waals surface area contributed by atoms with E-state index in [2.05, 4.69) is 17.3 Å². The Labute approximate surface area is 90.7 Å². The van der Waals surface area contributed by atoms with Crippen LogP contribution in [0.5, 0.6) is 0 Å². The van der Waals surface area contributed by atoms with E-state index in [4.69, 9.17) is 0 Å². The van der Waals surface area contributed by atoms with Crippen LogP contribution in [0.2, 0.25) is 0 Å². The number of rotatable bonds is 4. The Kier molecular flexibility index (Phi) is 3.88. The van der Waals surface area contributed by atoms with Gasteiger partial charge in [0, 0.05) is 25.7 Å². The van der Waals surface area contributed by atoms with E-state index in [1.807, 2.05) is 25.6 Å². The summed E-state index contributed by atoms with van der Waals surface area (Å²) in [5, 5.41) is 7.20. The Morgan fingerprint density at radius 3 is 2.60 bits per heavy atom. The summed E-state index contributed by atoms with van der Waals surface area (Å²) in [5.41, 5.74) is 3.48. The summed E-state index contributed by atoms with van der Waals surface area (Å²) in [6, 6.07) is 0. The summed E-state index contributed by atoms with van der Waals surface area (Å²) in [4.78, 5) is 11.0. The lowest BCUT2D eigenvalue weighted by atomic mass is 10.1. The number of nitrogens with one attached hydrogen (secondary N) is 1. The lowest BCUT2D eigenvalue weighted by Gasteiger charge is -2.04. The third-order valence-corrected chi connectivity index (χ3v) is 2.68. The van der Waals surface area contributed by atoms with Gasteiger partial charge in [0.05, 0.1) is 5.69 Å². The highest BCUT2D eigenvalue weighted by Crippen LogP contribution is 2.11. The number of amides is 1. The van der Waals surface area contributed by atoms with Crippen molar-refractivity contribution in [2.45, 2.75) is 33.6 Å². The molecular formula is C11H19N3O. The van der Waals surface area contributed by atoms with E-state index in [0.717, 1.165) is 12.1 Å². The Hall–Kier alpha value is -1.32. The molecule has 1 rings (SSSR count). The molecule has 0 aliphatic carbocycles. The van der Waals surface area contributed by atoms with Gasteiger partial charge in [-0.25, -0.2) is 0 Å². The van der Waals surface area contributed by atoms with Crippen molar-refractivity contribution in [3.63, 3.8) is 0 Å². The van der Waals surface area contributed by atoms with E-state index in [1.54, 1.807) is 0 Å². The number of hydrogen-bond acceptors (Lipinski definition) is 2. The minimum Gasteiger partial charge on any atom is -0.356 e. The molecule has 0 aliphatic rings. The van der Waals surface area contributed by atoms with Crippen molar-refractivity contribution >= 4 is 5.91 Å². The molecule has 15 heavy (non-hydrogen) atoms. The monoisotopic (exact) mass is 209 g/mol. The lowest BCUT2D eigenvalue weighted by Crippen LogP contribution is -2.24. The zero-order valence-electron chi connectivity index (χ0n) is 9.92. The smallest absolute Gasteiger partial charge is 0.219 e.